The average Bonchev–Trinajstić information content (AvgIpc) is 2.73. The van der Waals surface area contributed by atoms with Crippen LogP contribution in [0.15, 0.2) is 74.4 Å². The minimum absolute atomic E-state index is 0.0233. The van der Waals surface area contributed by atoms with E-state index in [4.69, 9.17) is 43.8 Å². The Labute approximate surface area is 217 Å². The molecule has 3 aromatic carbocycles. The third-order valence-electron chi connectivity index (χ3n) is 4.95. The highest BCUT2D eigenvalue weighted by atomic mass is 35.5. The van der Waals surface area contributed by atoms with E-state index in [1.165, 1.54) is 24.3 Å². The van der Waals surface area contributed by atoms with Crippen molar-refractivity contribution in [3.8, 4) is 0 Å². The van der Waals surface area contributed by atoms with Gasteiger partial charge in [-0.15, -0.1) is 0 Å². The Morgan fingerprint density at radius 1 is 0.833 bits per heavy atom. The van der Waals surface area contributed by atoms with Crippen molar-refractivity contribution in [2.75, 3.05) is 4.90 Å². The highest BCUT2D eigenvalue weighted by Gasteiger charge is 2.33. The number of rotatable bonds is 3. The van der Waals surface area contributed by atoms with Gasteiger partial charge in [-0.25, -0.2) is 4.99 Å². The minimum atomic E-state index is -4.47. The zero-order valence-electron chi connectivity index (χ0n) is 18.8. The van der Waals surface area contributed by atoms with E-state index >= 15 is 0 Å². The fraction of sp³-hybridized carbons (Fsp3) is 0.143. The van der Waals surface area contributed by atoms with Gasteiger partial charge < -0.3 is 11.5 Å². The molecule has 36 heavy (non-hydrogen) atoms. The molecule has 0 amide bonds. The minimum Gasteiger partial charge on any atom is -0.369 e. The van der Waals surface area contributed by atoms with Crippen LogP contribution in [0.25, 0.3) is 10.8 Å². The van der Waals surface area contributed by atoms with Crippen LogP contribution in [0, 0.1) is 0 Å². The second kappa shape index (κ2) is 9.84. The van der Waals surface area contributed by atoms with Gasteiger partial charge in [-0.1, -0.05) is 47.5 Å². The largest absolute Gasteiger partial charge is 0.369 e. The highest BCUT2D eigenvalue weighted by Crippen LogP contribution is 2.32. The Morgan fingerprint density at radius 3 is 1.75 bits per heavy atom. The van der Waals surface area contributed by atoms with Crippen LogP contribution in [0.3, 0.4) is 0 Å². The number of nitrogens with two attached hydrogens (primary N) is 2. The van der Waals surface area contributed by atoms with Gasteiger partial charge in [0.15, 0.2) is 0 Å². The van der Waals surface area contributed by atoms with Crippen molar-refractivity contribution < 1.29 is 25.9 Å². The molecule has 0 saturated carbocycles. The van der Waals surface area contributed by atoms with E-state index in [0.29, 0.717) is 10.0 Å². The first kappa shape index (κ1) is 27.6. The van der Waals surface area contributed by atoms with E-state index in [0.717, 1.165) is 17.8 Å². The molecular weight excluding hydrogens is 553 g/mol. The summed E-state index contributed by atoms with van der Waals surface area (Å²) in [6.45, 7) is 3.76. The Bertz CT molecular complexity index is 1550. The molecule has 0 bridgehead atoms. The fourth-order valence-electron chi connectivity index (χ4n) is 3.58. The summed E-state index contributed by atoms with van der Waals surface area (Å²) in [6.07, 6.45) is 0. The molecule has 1 aliphatic heterocycles. The number of halogens is 2. The number of hydrogen-bond acceptors (Lipinski definition) is 9. The van der Waals surface area contributed by atoms with E-state index in [-0.39, 0.29) is 22.7 Å². The van der Waals surface area contributed by atoms with Crippen LogP contribution >= 0.6 is 23.2 Å². The summed E-state index contributed by atoms with van der Waals surface area (Å²) in [4.78, 5) is 9.13. The second-order valence-corrected chi connectivity index (χ2v) is 11.5. The van der Waals surface area contributed by atoms with Crippen molar-refractivity contribution in [3.63, 3.8) is 0 Å². The van der Waals surface area contributed by atoms with Crippen molar-refractivity contribution in [2.24, 2.45) is 21.5 Å². The van der Waals surface area contributed by atoms with Crippen LogP contribution in [0.1, 0.15) is 13.8 Å². The molecule has 0 radical (unpaired) electrons. The summed E-state index contributed by atoms with van der Waals surface area (Å²) >= 11 is 11.9. The number of anilines is 1. The lowest BCUT2D eigenvalue weighted by Gasteiger charge is -2.38. The molecule has 0 atom stereocenters. The van der Waals surface area contributed by atoms with E-state index < -0.39 is 35.7 Å². The molecule has 15 heteroatoms. The maximum Gasteiger partial charge on any atom is 0.295 e. The Kier molecular flexibility index (Phi) is 7.56. The molecule has 4 rings (SSSR count). The van der Waals surface area contributed by atoms with Gasteiger partial charge in [0.05, 0.1) is 10.0 Å². The number of hydrogen-bond donors (Lipinski definition) is 4. The zero-order chi connectivity index (χ0) is 27.1. The summed E-state index contributed by atoms with van der Waals surface area (Å²) in [7, 11) is -8.94. The van der Waals surface area contributed by atoms with Gasteiger partial charge in [0, 0.05) is 16.5 Å². The molecule has 0 aromatic heterocycles. The van der Waals surface area contributed by atoms with Gasteiger partial charge in [0.25, 0.3) is 20.2 Å². The topological polar surface area (TPSA) is 189 Å². The molecule has 3 aromatic rings. The van der Waals surface area contributed by atoms with E-state index in [1.807, 2.05) is 13.8 Å². The molecule has 6 N–H and O–H groups in total. The molecule has 192 valence electrons. The normalized spacial score (nSPS) is 15.6. The van der Waals surface area contributed by atoms with E-state index in [9.17, 15) is 16.8 Å². The molecule has 1 aliphatic rings. The van der Waals surface area contributed by atoms with Crippen molar-refractivity contribution >= 4 is 71.8 Å². The van der Waals surface area contributed by atoms with Gasteiger partial charge in [-0.05, 0) is 44.2 Å². The predicted octanol–water partition coefficient (Wildman–Crippen LogP) is 3.51. The third kappa shape index (κ3) is 5.88. The first-order valence-electron chi connectivity index (χ1n) is 9.94. The third-order valence-corrected chi connectivity index (χ3v) is 7.52. The smallest absolute Gasteiger partial charge is 0.295 e. The molecule has 0 saturated heterocycles. The zero-order valence-corrected chi connectivity index (χ0v) is 21.9. The lowest BCUT2D eigenvalue weighted by molar-refractivity contribution is 0.481. The maximum atomic E-state index is 11.2. The van der Waals surface area contributed by atoms with Crippen molar-refractivity contribution in [2.45, 2.75) is 29.3 Å². The van der Waals surface area contributed by atoms with E-state index in [2.05, 4.69) is 9.98 Å². The van der Waals surface area contributed by atoms with Crippen LogP contribution in [-0.4, -0.2) is 43.5 Å². The standard InChI is InChI=1S/C11H13Cl2N5.C10H8O6S2/c1-11(2)17-9(14)16-10(15)18(11)6-3-4-7(12)8(13)5-6;11-17(12,13)9-5-1-3-7-8(9)4-2-6-10(7)18(14,15)16/h3-5H,1-2H3,(H4,14,15,16,17);1-6H,(H,11,12,13)(H,14,15,16). The van der Waals surface area contributed by atoms with Crippen molar-refractivity contribution in [3.05, 3.63) is 64.6 Å². The Balaban J connectivity index is 0.000000201. The SMILES string of the molecule is CC1(C)N=C(N)N=C(N)N1c1ccc(Cl)c(Cl)c1.O=S(=O)(O)c1cccc2c(S(=O)(=O)O)cccc12. The fourth-order valence-corrected chi connectivity index (χ4v) is 5.28. The molecule has 1 heterocycles. The molecular formula is C21H21Cl2N5O6S2. The van der Waals surface area contributed by atoms with Crippen LogP contribution in [0.4, 0.5) is 5.69 Å². The van der Waals surface area contributed by atoms with Crippen LogP contribution in [-0.2, 0) is 20.2 Å². The molecule has 0 unspecified atom stereocenters. The first-order valence-corrected chi connectivity index (χ1v) is 13.6. The molecule has 0 aliphatic carbocycles. The number of nitrogens with zero attached hydrogens (tertiary/aromatic N) is 3. The maximum absolute atomic E-state index is 11.2. The van der Waals surface area contributed by atoms with Crippen LogP contribution in [0.2, 0.25) is 10.0 Å². The summed E-state index contributed by atoms with van der Waals surface area (Å²) in [5.41, 5.74) is 11.6. The summed E-state index contributed by atoms with van der Waals surface area (Å²) < 4.78 is 62.7. The average molecular weight is 574 g/mol. The quantitative estimate of drug-likeness (QED) is 0.339. The van der Waals surface area contributed by atoms with Gasteiger partial charge in [0.1, 0.15) is 15.5 Å². The van der Waals surface area contributed by atoms with Crippen LogP contribution < -0.4 is 16.4 Å². The lowest BCUT2D eigenvalue weighted by Crippen LogP contribution is -2.54. The monoisotopic (exact) mass is 573 g/mol. The summed E-state index contributed by atoms with van der Waals surface area (Å²) in [5, 5.41) is 0.972. The second-order valence-electron chi connectivity index (χ2n) is 7.93. The van der Waals surface area contributed by atoms with E-state index in [1.54, 1.807) is 23.1 Å². The summed E-state index contributed by atoms with van der Waals surface area (Å²) in [5.74, 6) is 0.430. The van der Waals surface area contributed by atoms with Crippen molar-refractivity contribution in [1.29, 1.82) is 0 Å². The predicted molar refractivity (Wildman–Crippen MR) is 140 cm³/mol. The number of guanidine groups is 2. The number of aliphatic imine (C=N–C) groups is 2. The van der Waals surface area contributed by atoms with Gasteiger partial charge in [0.2, 0.25) is 11.9 Å². The molecule has 11 nitrogen and oxygen atoms in total. The first-order chi connectivity index (χ1) is 16.5. The summed E-state index contributed by atoms with van der Waals surface area (Å²) in [6, 6.07) is 12.7. The Morgan fingerprint density at radius 2 is 1.33 bits per heavy atom. The van der Waals surface area contributed by atoms with Gasteiger partial charge in [-0.3, -0.25) is 14.0 Å². The molecule has 0 spiro atoms. The number of benzene rings is 3. The highest BCUT2D eigenvalue weighted by molar-refractivity contribution is 7.86. The lowest BCUT2D eigenvalue weighted by atomic mass is 10.1. The number of fused-ring (bicyclic) bond motifs is 1. The van der Waals surface area contributed by atoms with Crippen molar-refractivity contribution in [1.82, 2.24) is 0 Å². The molecule has 0 fully saturated rings. The van der Waals surface area contributed by atoms with Gasteiger partial charge >= 0.3 is 0 Å². The van der Waals surface area contributed by atoms with Crippen LogP contribution in [0.5, 0.6) is 0 Å². The van der Waals surface area contributed by atoms with Gasteiger partial charge in [-0.2, -0.15) is 21.8 Å². The Hall–Kier alpha value is -2.94.